The molecule has 20 heavy (non-hydrogen) atoms. The summed E-state index contributed by atoms with van der Waals surface area (Å²) >= 11 is 0. The van der Waals surface area contributed by atoms with Gasteiger partial charge in [0.05, 0.1) is 0 Å². The molecule has 0 radical (unpaired) electrons. The van der Waals surface area contributed by atoms with Gasteiger partial charge >= 0.3 is 0 Å². The second kappa shape index (κ2) is 5.68. The van der Waals surface area contributed by atoms with Crippen LogP contribution in [0.2, 0.25) is 0 Å². The second-order valence-electron chi connectivity index (χ2n) is 5.76. The third-order valence-electron chi connectivity index (χ3n) is 4.26. The van der Waals surface area contributed by atoms with Crippen LogP contribution in [0.5, 0.6) is 5.75 Å². The molecule has 0 aliphatic heterocycles. The molecular formula is C18H21NO. The van der Waals surface area contributed by atoms with Crippen LogP contribution in [0, 0.1) is 0 Å². The normalized spacial score (nSPS) is 23.1. The molecule has 2 N–H and O–H groups in total. The average Bonchev–Trinajstić information content (AvgIpc) is 2.43. The highest BCUT2D eigenvalue weighted by Crippen LogP contribution is 2.37. The zero-order valence-corrected chi connectivity index (χ0v) is 11.8. The van der Waals surface area contributed by atoms with Gasteiger partial charge < -0.3 is 10.4 Å². The van der Waals surface area contributed by atoms with Gasteiger partial charge in [0.25, 0.3) is 0 Å². The fourth-order valence-electron chi connectivity index (χ4n) is 3.00. The van der Waals surface area contributed by atoms with Gasteiger partial charge in [0.15, 0.2) is 0 Å². The van der Waals surface area contributed by atoms with Crippen molar-refractivity contribution in [1.82, 2.24) is 5.32 Å². The number of benzene rings is 2. The SMILES string of the molecule is CC(NC1CC(c2ccccc2)C1)c1cccc(O)c1. The molecule has 0 aromatic heterocycles. The highest BCUT2D eigenvalue weighted by atomic mass is 16.3. The molecule has 1 unspecified atom stereocenters. The minimum atomic E-state index is 0.281. The summed E-state index contributed by atoms with van der Waals surface area (Å²) in [5, 5.41) is 13.2. The Labute approximate surface area is 120 Å². The number of nitrogens with one attached hydrogen (secondary N) is 1. The van der Waals surface area contributed by atoms with Crippen molar-refractivity contribution in [2.45, 2.75) is 37.8 Å². The van der Waals surface area contributed by atoms with Gasteiger partial charge in [0.1, 0.15) is 5.75 Å². The zero-order chi connectivity index (χ0) is 13.9. The van der Waals surface area contributed by atoms with Crippen molar-refractivity contribution in [2.24, 2.45) is 0 Å². The maximum atomic E-state index is 9.53. The number of hydrogen-bond donors (Lipinski definition) is 2. The molecule has 0 amide bonds. The number of phenols is 1. The Morgan fingerprint density at radius 2 is 1.80 bits per heavy atom. The highest BCUT2D eigenvalue weighted by molar-refractivity contribution is 5.29. The predicted molar refractivity (Wildman–Crippen MR) is 81.9 cm³/mol. The lowest BCUT2D eigenvalue weighted by molar-refractivity contribution is 0.270. The lowest BCUT2D eigenvalue weighted by atomic mass is 9.75. The van der Waals surface area contributed by atoms with Crippen molar-refractivity contribution in [3.05, 3.63) is 65.7 Å². The molecule has 1 aliphatic carbocycles. The Kier molecular flexibility index (Phi) is 3.75. The molecule has 1 atom stereocenters. The summed E-state index contributed by atoms with van der Waals surface area (Å²) in [6.07, 6.45) is 2.40. The van der Waals surface area contributed by atoms with E-state index in [9.17, 15) is 5.11 Å². The number of hydrogen-bond acceptors (Lipinski definition) is 2. The van der Waals surface area contributed by atoms with Crippen molar-refractivity contribution >= 4 is 0 Å². The van der Waals surface area contributed by atoms with Gasteiger partial charge in [-0.3, -0.25) is 0 Å². The van der Waals surface area contributed by atoms with Crippen LogP contribution in [0.3, 0.4) is 0 Å². The van der Waals surface area contributed by atoms with Crippen LogP contribution in [0.4, 0.5) is 0 Å². The van der Waals surface area contributed by atoms with E-state index in [0.717, 1.165) is 5.56 Å². The molecule has 2 aromatic rings. The first-order valence-corrected chi connectivity index (χ1v) is 7.32. The van der Waals surface area contributed by atoms with Gasteiger partial charge in [-0.15, -0.1) is 0 Å². The van der Waals surface area contributed by atoms with Crippen LogP contribution in [0.15, 0.2) is 54.6 Å². The fraction of sp³-hybridized carbons (Fsp3) is 0.333. The Morgan fingerprint density at radius 3 is 2.50 bits per heavy atom. The standard InChI is InChI=1S/C18H21NO/c1-13(15-8-5-9-18(20)12-15)19-17-10-16(11-17)14-6-3-2-4-7-14/h2-9,12-13,16-17,19-20H,10-11H2,1H3. The average molecular weight is 267 g/mol. The first kappa shape index (κ1) is 13.2. The minimum absolute atomic E-state index is 0.281. The molecule has 0 heterocycles. The number of rotatable bonds is 4. The van der Waals surface area contributed by atoms with E-state index in [4.69, 9.17) is 0 Å². The summed E-state index contributed by atoms with van der Waals surface area (Å²) in [7, 11) is 0. The summed E-state index contributed by atoms with van der Waals surface area (Å²) in [6, 6.07) is 19.1. The Hall–Kier alpha value is -1.80. The zero-order valence-electron chi connectivity index (χ0n) is 11.8. The third kappa shape index (κ3) is 2.86. The van der Waals surface area contributed by atoms with Crippen molar-refractivity contribution in [2.75, 3.05) is 0 Å². The quantitative estimate of drug-likeness (QED) is 0.878. The van der Waals surface area contributed by atoms with Gasteiger partial charge in [0.2, 0.25) is 0 Å². The number of aromatic hydroxyl groups is 1. The summed E-state index contributed by atoms with van der Waals surface area (Å²) in [5.74, 6) is 1.04. The molecule has 0 spiro atoms. The lowest BCUT2D eigenvalue weighted by Crippen LogP contribution is -2.41. The first-order valence-electron chi connectivity index (χ1n) is 7.32. The lowest BCUT2D eigenvalue weighted by Gasteiger charge is -2.38. The Balaban J connectivity index is 1.54. The molecule has 2 aromatic carbocycles. The van der Waals surface area contributed by atoms with Crippen LogP contribution < -0.4 is 5.32 Å². The summed E-state index contributed by atoms with van der Waals surface area (Å²) in [4.78, 5) is 0. The third-order valence-corrected chi connectivity index (χ3v) is 4.26. The number of phenolic OH excluding ortho intramolecular Hbond substituents is 1. The second-order valence-corrected chi connectivity index (χ2v) is 5.76. The van der Waals surface area contributed by atoms with E-state index < -0.39 is 0 Å². The van der Waals surface area contributed by atoms with Crippen molar-refractivity contribution in [1.29, 1.82) is 0 Å². The largest absolute Gasteiger partial charge is 0.508 e. The van der Waals surface area contributed by atoms with Gasteiger partial charge in [-0.1, -0.05) is 42.5 Å². The molecule has 1 aliphatic rings. The molecule has 104 valence electrons. The van der Waals surface area contributed by atoms with Crippen molar-refractivity contribution < 1.29 is 5.11 Å². The summed E-state index contributed by atoms with van der Waals surface area (Å²) < 4.78 is 0. The van der Waals surface area contributed by atoms with Crippen LogP contribution in [-0.2, 0) is 0 Å². The van der Waals surface area contributed by atoms with E-state index in [1.165, 1.54) is 18.4 Å². The summed E-state index contributed by atoms with van der Waals surface area (Å²) in [5.41, 5.74) is 2.60. The van der Waals surface area contributed by atoms with Crippen LogP contribution in [0.1, 0.15) is 42.9 Å². The molecule has 1 saturated carbocycles. The maximum Gasteiger partial charge on any atom is 0.115 e. The van der Waals surface area contributed by atoms with Crippen molar-refractivity contribution in [3.63, 3.8) is 0 Å². The molecule has 3 rings (SSSR count). The molecule has 2 nitrogen and oxygen atoms in total. The Morgan fingerprint density at radius 1 is 1.05 bits per heavy atom. The van der Waals surface area contributed by atoms with Gasteiger partial charge in [-0.25, -0.2) is 0 Å². The highest BCUT2D eigenvalue weighted by Gasteiger charge is 2.30. The van der Waals surface area contributed by atoms with Crippen molar-refractivity contribution in [3.8, 4) is 5.75 Å². The maximum absolute atomic E-state index is 9.53. The Bertz CT molecular complexity index is 561. The molecule has 2 heteroatoms. The van der Waals surface area contributed by atoms with E-state index in [2.05, 4.69) is 48.6 Å². The van der Waals surface area contributed by atoms with E-state index in [1.807, 2.05) is 12.1 Å². The minimum Gasteiger partial charge on any atom is -0.508 e. The fourth-order valence-corrected chi connectivity index (χ4v) is 3.00. The van der Waals surface area contributed by atoms with Crippen LogP contribution in [0.25, 0.3) is 0 Å². The topological polar surface area (TPSA) is 32.3 Å². The van der Waals surface area contributed by atoms with Gasteiger partial charge in [-0.2, -0.15) is 0 Å². The van der Waals surface area contributed by atoms with E-state index >= 15 is 0 Å². The molecular weight excluding hydrogens is 246 g/mol. The first-order chi connectivity index (χ1) is 9.72. The van der Waals surface area contributed by atoms with Crippen LogP contribution >= 0.6 is 0 Å². The molecule has 0 bridgehead atoms. The smallest absolute Gasteiger partial charge is 0.115 e. The van der Waals surface area contributed by atoms with Gasteiger partial charge in [0, 0.05) is 12.1 Å². The molecule has 1 fully saturated rings. The molecule has 0 saturated heterocycles. The van der Waals surface area contributed by atoms with E-state index in [-0.39, 0.29) is 6.04 Å². The van der Waals surface area contributed by atoms with Gasteiger partial charge in [-0.05, 0) is 48.9 Å². The monoisotopic (exact) mass is 267 g/mol. The van der Waals surface area contributed by atoms with Crippen LogP contribution in [-0.4, -0.2) is 11.1 Å². The van der Waals surface area contributed by atoms with E-state index in [1.54, 1.807) is 6.07 Å². The predicted octanol–water partition coefficient (Wildman–Crippen LogP) is 3.99. The van der Waals surface area contributed by atoms with E-state index in [0.29, 0.717) is 17.7 Å². The summed E-state index contributed by atoms with van der Waals surface area (Å²) in [6.45, 7) is 2.16.